The lowest BCUT2D eigenvalue weighted by Gasteiger charge is -2.12. The third-order valence-electron chi connectivity index (χ3n) is 4.61. The summed E-state index contributed by atoms with van der Waals surface area (Å²) in [5, 5.41) is 3.26. The van der Waals surface area contributed by atoms with Crippen LogP contribution in [0.4, 0.5) is 0 Å². The molecule has 2 N–H and O–H groups in total. The quantitative estimate of drug-likeness (QED) is 0.605. The molecule has 0 fully saturated rings. The van der Waals surface area contributed by atoms with Gasteiger partial charge in [-0.25, -0.2) is 9.78 Å². The summed E-state index contributed by atoms with van der Waals surface area (Å²) in [6, 6.07) is 6.56. The summed E-state index contributed by atoms with van der Waals surface area (Å²) in [5.74, 6) is -0.485. The molecule has 0 aliphatic carbocycles. The van der Waals surface area contributed by atoms with Crippen molar-refractivity contribution in [3.8, 4) is 11.4 Å². The minimum atomic E-state index is -0.877. The molecule has 1 amide bonds. The fourth-order valence-corrected chi connectivity index (χ4v) is 4.22. The number of ether oxygens (including phenoxy) is 1. The summed E-state index contributed by atoms with van der Waals surface area (Å²) in [5.41, 5.74) is 1.87. The lowest BCUT2D eigenvalue weighted by molar-refractivity contribution is -0.128. The van der Waals surface area contributed by atoms with Crippen LogP contribution in [0.1, 0.15) is 41.6 Å². The first-order valence-corrected chi connectivity index (χ1v) is 10.3. The van der Waals surface area contributed by atoms with Crippen molar-refractivity contribution in [1.82, 2.24) is 15.3 Å². The summed E-state index contributed by atoms with van der Waals surface area (Å²) in [4.78, 5) is 45.8. The highest BCUT2D eigenvalue weighted by molar-refractivity contribution is 7.18. The van der Waals surface area contributed by atoms with Crippen LogP contribution in [-0.2, 0) is 16.0 Å². The summed E-state index contributed by atoms with van der Waals surface area (Å²) < 4.78 is 5.18. The number of fused-ring (bicyclic) bond motifs is 1. The van der Waals surface area contributed by atoms with E-state index in [-0.39, 0.29) is 11.5 Å². The molecular weight excluding hydrogens is 390 g/mol. The average molecular weight is 413 g/mol. The number of hydrogen-bond donors (Lipinski definition) is 2. The minimum absolute atomic E-state index is 0.162. The zero-order valence-electron chi connectivity index (χ0n) is 16.8. The van der Waals surface area contributed by atoms with Gasteiger partial charge in [0, 0.05) is 17.0 Å². The smallest absolute Gasteiger partial charge is 0.338 e. The van der Waals surface area contributed by atoms with Crippen molar-refractivity contribution in [3.05, 3.63) is 50.6 Å². The Labute approximate surface area is 172 Å². The number of likely N-dealkylation sites (N-methyl/N-ethyl adjacent to an activating group) is 1. The van der Waals surface area contributed by atoms with Crippen LogP contribution in [0.3, 0.4) is 0 Å². The molecule has 0 saturated carbocycles. The Kier molecular flexibility index (Phi) is 6.12. The Bertz CT molecular complexity index is 1120. The Balaban J connectivity index is 1.84. The SMILES string of the molecule is CCNC(=O)[C@H](C)OC(=O)c1ccc(-c2nc3sc(C)c(CC)c3c(=O)[nH]2)cc1. The van der Waals surface area contributed by atoms with E-state index in [1.165, 1.54) is 18.3 Å². The molecule has 0 radical (unpaired) electrons. The second-order valence-corrected chi connectivity index (χ2v) is 7.81. The molecular formula is C21H23N3O4S. The van der Waals surface area contributed by atoms with E-state index in [2.05, 4.69) is 15.3 Å². The van der Waals surface area contributed by atoms with Gasteiger partial charge >= 0.3 is 5.97 Å². The first-order valence-electron chi connectivity index (χ1n) is 9.47. The Morgan fingerprint density at radius 3 is 2.55 bits per heavy atom. The Hall–Kier alpha value is -3.00. The predicted molar refractivity (Wildman–Crippen MR) is 113 cm³/mol. The van der Waals surface area contributed by atoms with Crippen LogP contribution < -0.4 is 10.9 Å². The van der Waals surface area contributed by atoms with E-state index in [0.29, 0.717) is 33.7 Å². The van der Waals surface area contributed by atoms with Crippen LogP contribution in [0.15, 0.2) is 29.1 Å². The number of carbonyl (C=O) groups excluding carboxylic acids is 2. The number of benzene rings is 1. The lowest BCUT2D eigenvalue weighted by atomic mass is 10.1. The first-order chi connectivity index (χ1) is 13.8. The van der Waals surface area contributed by atoms with Crippen molar-refractivity contribution >= 4 is 33.4 Å². The van der Waals surface area contributed by atoms with E-state index in [1.54, 1.807) is 31.2 Å². The molecule has 0 bridgehead atoms. The monoisotopic (exact) mass is 413 g/mol. The molecule has 7 nitrogen and oxygen atoms in total. The average Bonchev–Trinajstić information content (AvgIpc) is 3.03. The van der Waals surface area contributed by atoms with Gasteiger partial charge in [0.1, 0.15) is 10.7 Å². The number of hydrogen-bond acceptors (Lipinski definition) is 6. The summed E-state index contributed by atoms with van der Waals surface area (Å²) in [7, 11) is 0. The molecule has 1 aromatic carbocycles. The molecule has 0 unspecified atom stereocenters. The Morgan fingerprint density at radius 2 is 1.93 bits per heavy atom. The molecule has 0 spiro atoms. The molecule has 3 rings (SSSR count). The number of aryl methyl sites for hydroxylation is 2. The van der Waals surface area contributed by atoms with Gasteiger partial charge in [0.25, 0.3) is 11.5 Å². The number of H-pyrrole nitrogens is 1. The predicted octanol–water partition coefficient (Wildman–Crippen LogP) is 3.20. The van der Waals surface area contributed by atoms with Gasteiger partial charge in [-0.05, 0) is 44.9 Å². The molecule has 2 heterocycles. The number of rotatable bonds is 6. The molecule has 0 aliphatic rings. The largest absolute Gasteiger partial charge is 0.449 e. The molecule has 2 aromatic heterocycles. The summed E-state index contributed by atoms with van der Waals surface area (Å²) in [6.07, 6.45) is -0.0982. The van der Waals surface area contributed by atoms with E-state index in [1.807, 2.05) is 13.8 Å². The van der Waals surface area contributed by atoms with Gasteiger partial charge in [0.05, 0.1) is 10.9 Å². The maximum Gasteiger partial charge on any atom is 0.338 e. The number of aromatic amines is 1. The molecule has 1 atom stereocenters. The molecule has 3 aromatic rings. The maximum absolute atomic E-state index is 12.6. The lowest BCUT2D eigenvalue weighted by Crippen LogP contribution is -2.35. The number of aromatic nitrogens is 2. The number of esters is 1. The van der Waals surface area contributed by atoms with Gasteiger partial charge < -0.3 is 15.0 Å². The highest BCUT2D eigenvalue weighted by Crippen LogP contribution is 2.28. The van der Waals surface area contributed by atoms with Crippen LogP contribution in [0.5, 0.6) is 0 Å². The number of carbonyl (C=O) groups is 2. The highest BCUT2D eigenvalue weighted by atomic mass is 32.1. The molecule has 152 valence electrons. The van der Waals surface area contributed by atoms with Gasteiger partial charge in [0.2, 0.25) is 0 Å². The third-order valence-corrected chi connectivity index (χ3v) is 5.66. The van der Waals surface area contributed by atoms with Gasteiger partial charge in [-0.15, -0.1) is 11.3 Å². The minimum Gasteiger partial charge on any atom is -0.449 e. The van der Waals surface area contributed by atoms with Crippen molar-refractivity contribution < 1.29 is 14.3 Å². The van der Waals surface area contributed by atoms with E-state index in [4.69, 9.17) is 4.74 Å². The van der Waals surface area contributed by atoms with Crippen molar-refractivity contribution in [2.45, 2.75) is 40.2 Å². The first kappa shape index (κ1) is 20.7. The number of amides is 1. The number of nitrogens with one attached hydrogen (secondary N) is 2. The fourth-order valence-electron chi connectivity index (χ4n) is 3.10. The third kappa shape index (κ3) is 4.22. The summed E-state index contributed by atoms with van der Waals surface area (Å²) in [6.45, 7) is 7.80. The fraction of sp³-hybridized carbons (Fsp3) is 0.333. The van der Waals surface area contributed by atoms with Gasteiger partial charge in [0.15, 0.2) is 6.10 Å². The Morgan fingerprint density at radius 1 is 1.24 bits per heavy atom. The van der Waals surface area contributed by atoms with E-state index >= 15 is 0 Å². The zero-order chi connectivity index (χ0) is 21.1. The maximum atomic E-state index is 12.6. The standard InChI is InChI=1S/C21H23N3O4S/c1-5-15-12(4)29-20-16(15)19(26)23-17(24-20)13-7-9-14(10-8-13)21(27)28-11(3)18(25)22-6-2/h7-11H,5-6H2,1-4H3,(H,22,25)(H,23,24,26)/t11-/m0/s1. The van der Waals surface area contributed by atoms with Crippen LogP contribution in [-0.4, -0.2) is 34.5 Å². The van der Waals surface area contributed by atoms with Crippen molar-refractivity contribution in [3.63, 3.8) is 0 Å². The van der Waals surface area contributed by atoms with Crippen LogP contribution in [0.25, 0.3) is 21.6 Å². The topological polar surface area (TPSA) is 101 Å². The van der Waals surface area contributed by atoms with E-state index in [0.717, 1.165) is 16.9 Å². The summed E-state index contributed by atoms with van der Waals surface area (Å²) >= 11 is 1.50. The van der Waals surface area contributed by atoms with Crippen molar-refractivity contribution in [2.75, 3.05) is 6.54 Å². The molecule has 0 aliphatic heterocycles. The van der Waals surface area contributed by atoms with E-state index < -0.39 is 12.1 Å². The zero-order valence-corrected chi connectivity index (χ0v) is 17.6. The molecule has 8 heteroatoms. The molecule has 29 heavy (non-hydrogen) atoms. The number of nitrogens with zero attached hydrogens (tertiary/aromatic N) is 1. The van der Waals surface area contributed by atoms with Crippen LogP contribution >= 0.6 is 11.3 Å². The normalized spacial score (nSPS) is 12.0. The molecule has 0 saturated heterocycles. The van der Waals surface area contributed by atoms with Gasteiger partial charge in [-0.2, -0.15) is 0 Å². The highest BCUT2D eigenvalue weighted by Gasteiger charge is 2.19. The van der Waals surface area contributed by atoms with E-state index in [9.17, 15) is 14.4 Å². The van der Waals surface area contributed by atoms with Gasteiger partial charge in [-0.1, -0.05) is 19.1 Å². The van der Waals surface area contributed by atoms with Crippen LogP contribution in [0.2, 0.25) is 0 Å². The second kappa shape index (κ2) is 8.57. The van der Waals surface area contributed by atoms with Crippen molar-refractivity contribution in [1.29, 1.82) is 0 Å². The van der Waals surface area contributed by atoms with Gasteiger partial charge in [-0.3, -0.25) is 9.59 Å². The van der Waals surface area contributed by atoms with Crippen LogP contribution in [0, 0.1) is 6.92 Å². The van der Waals surface area contributed by atoms with Crippen molar-refractivity contribution in [2.24, 2.45) is 0 Å². The second-order valence-electron chi connectivity index (χ2n) is 6.60. The number of thiophene rings is 1.